The van der Waals surface area contributed by atoms with Crippen molar-refractivity contribution >= 4 is 21.7 Å². The lowest BCUT2D eigenvalue weighted by molar-refractivity contribution is 0.0692. The summed E-state index contributed by atoms with van der Waals surface area (Å²) in [5.41, 5.74) is 5.25. The molecule has 2 rings (SSSR count). The number of hydrogen-bond donors (Lipinski definition) is 4. The van der Waals surface area contributed by atoms with E-state index in [1.165, 1.54) is 12.4 Å². The lowest BCUT2D eigenvalue weighted by atomic mass is 10.2. The van der Waals surface area contributed by atoms with Crippen LogP contribution in [0.25, 0.3) is 0 Å². The molecule has 1 aromatic heterocycles. The number of nitrogens with zero attached hydrogens (tertiary/aromatic N) is 2. The number of rotatable bonds is 5. The van der Waals surface area contributed by atoms with E-state index >= 15 is 0 Å². The van der Waals surface area contributed by atoms with Crippen LogP contribution in [0.3, 0.4) is 0 Å². The molecule has 1 aromatic carbocycles. The molecule has 112 valence electrons. The van der Waals surface area contributed by atoms with Crippen molar-refractivity contribution < 1.29 is 18.3 Å². The Bertz CT molecular complexity index is 757. The second-order valence-corrected chi connectivity index (χ2v) is 5.96. The standard InChI is InChI=1S/C11H13N5O4S/c1-6(10-13-5-14-15-10)16-21(19,20)9-3-2-7(12)4-8(9)11(17)18/h2-6,16H,12H2,1H3,(H,17,18)(H,13,14,15). The van der Waals surface area contributed by atoms with Crippen LogP contribution in [0.4, 0.5) is 5.69 Å². The Morgan fingerprint density at radius 3 is 2.76 bits per heavy atom. The van der Waals surface area contributed by atoms with Gasteiger partial charge in [-0.3, -0.25) is 5.10 Å². The second-order valence-electron chi connectivity index (χ2n) is 4.27. The van der Waals surface area contributed by atoms with Crippen molar-refractivity contribution in [2.75, 3.05) is 5.73 Å². The number of aromatic carboxylic acids is 1. The molecule has 0 amide bonds. The second kappa shape index (κ2) is 5.50. The zero-order valence-electron chi connectivity index (χ0n) is 10.9. The third kappa shape index (κ3) is 3.17. The Labute approximate surface area is 120 Å². The predicted molar refractivity (Wildman–Crippen MR) is 72.9 cm³/mol. The summed E-state index contributed by atoms with van der Waals surface area (Å²) < 4.78 is 26.9. The summed E-state index contributed by atoms with van der Waals surface area (Å²) in [6.45, 7) is 1.55. The highest BCUT2D eigenvalue weighted by atomic mass is 32.2. The van der Waals surface area contributed by atoms with Gasteiger partial charge in [0.25, 0.3) is 0 Å². The fourth-order valence-electron chi connectivity index (χ4n) is 1.72. The number of hydrogen-bond acceptors (Lipinski definition) is 6. The molecule has 0 saturated heterocycles. The number of carbonyl (C=O) groups is 1. The molecule has 0 aliphatic rings. The van der Waals surface area contributed by atoms with Gasteiger partial charge in [-0.15, -0.1) is 0 Å². The first-order chi connectivity index (χ1) is 9.81. The highest BCUT2D eigenvalue weighted by Gasteiger charge is 2.25. The number of sulfonamides is 1. The van der Waals surface area contributed by atoms with Gasteiger partial charge in [0.05, 0.1) is 16.5 Å². The number of nitrogens with two attached hydrogens (primary N) is 1. The van der Waals surface area contributed by atoms with Crippen LogP contribution in [0, 0.1) is 0 Å². The van der Waals surface area contributed by atoms with E-state index in [1.54, 1.807) is 6.92 Å². The number of carboxylic acid groups (broad SMARTS) is 1. The number of benzene rings is 1. The summed E-state index contributed by atoms with van der Waals surface area (Å²) in [6.07, 6.45) is 1.24. The van der Waals surface area contributed by atoms with Crippen molar-refractivity contribution in [2.45, 2.75) is 17.9 Å². The van der Waals surface area contributed by atoms with Crippen molar-refractivity contribution in [3.05, 3.63) is 35.9 Å². The third-order valence-electron chi connectivity index (χ3n) is 2.70. The van der Waals surface area contributed by atoms with Crippen LogP contribution in [0.15, 0.2) is 29.4 Å². The minimum atomic E-state index is -4.05. The fourth-order valence-corrected chi connectivity index (χ4v) is 3.11. The van der Waals surface area contributed by atoms with Gasteiger partial charge >= 0.3 is 5.97 Å². The van der Waals surface area contributed by atoms with Gasteiger partial charge in [-0.1, -0.05) is 0 Å². The zero-order valence-corrected chi connectivity index (χ0v) is 11.8. The minimum absolute atomic E-state index is 0.162. The molecule has 0 radical (unpaired) electrons. The van der Waals surface area contributed by atoms with E-state index in [-0.39, 0.29) is 10.6 Å². The summed E-state index contributed by atoms with van der Waals surface area (Å²) >= 11 is 0. The van der Waals surface area contributed by atoms with E-state index in [9.17, 15) is 13.2 Å². The molecule has 0 fully saturated rings. The summed E-state index contributed by atoms with van der Waals surface area (Å²) in [5, 5.41) is 15.3. The van der Waals surface area contributed by atoms with E-state index in [0.29, 0.717) is 5.82 Å². The van der Waals surface area contributed by atoms with E-state index in [0.717, 1.165) is 12.1 Å². The van der Waals surface area contributed by atoms with Gasteiger partial charge in [0.2, 0.25) is 10.0 Å². The largest absolute Gasteiger partial charge is 0.478 e. The molecule has 0 aliphatic carbocycles. The molecule has 0 aliphatic heterocycles. The van der Waals surface area contributed by atoms with Crippen LogP contribution in [-0.4, -0.2) is 34.7 Å². The zero-order chi connectivity index (χ0) is 15.6. The molecule has 1 unspecified atom stereocenters. The van der Waals surface area contributed by atoms with Crippen LogP contribution < -0.4 is 10.5 Å². The molecule has 1 heterocycles. The summed E-state index contributed by atoms with van der Waals surface area (Å²) in [4.78, 5) is 14.6. The van der Waals surface area contributed by atoms with E-state index in [4.69, 9.17) is 10.8 Å². The first-order valence-electron chi connectivity index (χ1n) is 5.81. The highest BCUT2D eigenvalue weighted by Crippen LogP contribution is 2.21. The monoisotopic (exact) mass is 311 g/mol. The van der Waals surface area contributed by atoms with Gasteiger partial charge in [0.15, 0.2) is 0 Å². The van der Waals surface area contributed by atoms with Gasteiger partial charge < -0.3 is 10.8 Å². The van der Waals surface area contributed by atoms with Crippen molar-refractivity contribution in [1.82, 2.24) is 19.9 Å². The molecule has 9 nitrogen and oxygen atoms in total. The summed E-state index contributed by atoms with van der Waals surface area (Å²) in [6, 6.07) is 2.86. The van der Waals surface area contributed by atoms with E-state index in [2.05, 4.69) is 19.9 Å². The average Bonchev–Trinajstić information content (AvgIpc) is 2.91. The summed E-state index contributed by atoms with van der Waals surface area (Å²) in [7, 11) is -4.05. The maximum absolute atomic E-state index is 12.3. The van der Waals surface area contributed by atoms with Gasteiger partial charge in [-0.05, 0) is 25.1 Å². The fraction of sp³-hybridized carbons (Fsp3) is 0.182. The lowest BCUT2D eigenvalue weighted by Crippen LogP contribution is -2.29. The van der Waals surface area contributed by atoms with Crippen LogP contribution in [0.2, 0.25) is 0 Å². The lowest BCUT2D eigenvalue weighted by Gasteiger charge is -2.13. The average molecular weight is 311 g/mol. The topological polar surface area (TPSA) is 151 Å². The number of aromatic amines is 1. The van der Waals surface area contributed by atoms with E-state index < -0.39 is 27.6 Å². The maximum atomic E-state index is 12.3. The molecule has 0 bridgehead atoms. The Hall–Kier alpha value is -2.46. The van der Waals surface area contributed by atoms with Crippen molar-refractivity contribution in [2.24, 2.45) is 0 Å². The van der Waals surface area contributed by atoms with Crippen molar-refractivity contribution in [3.63, 3.8) is 0 Å². The molecule has 10 heteroatoms. The van der Waals surface area contributed by atoms with E-state index in [1.807, 2.05) is 0 Å². The van der Waals surface area contributed by atoms with Crippen LogP contribution in [-0.2, 0) is 10.0 Å². The quantitative estimate of drug-likeness (QED) is 0.572. The van der Waals surface area contributed by atoms with Crippen molar-refractivity contribution in [3.8, 4) is 0 Å². The number of nitrogen functional groups attached to an aromatic ring is 1. The van der Waals surface area contributed by atoms with Crippen LogP contribution in [0.5, 0.6) is 0 Å². The van der Waals surface area contributed by atoms with Crippen LogP contribution in [0.1, 0.15) is 29.1 Å². The predicted octanol–water partition coefficient (Wildman–Crippen LogP) is 0.125. The number of aromatic nitrogens is 3. The first-order valence-corrected chi connectivity index (χ1v) is 7.30. The van der Waals surface area contributed by atoms with Gasteiger partial charge in [0, 0.05) is 5.69 Å². The molecule has 2 aromatic rings. The molecule has 5 N–H and O–H groups in total. The number of carboxylic acids is 1. The molecule has 1 atom stereocenters. The first kappa shape index (κ1) is 14.9. The van der Waals surface area contributed by atoms with Gasteiger partial charge in [0.1, 0.15) is 12.2 Å². The Morgan fingerprint density at radius 2 is 2.19 bits per heavy atom. The Morgan fingerprint density at radius 1 is 1.48 bits per heavy atom. The summed E-state index contributed by atoms with van der Waals surface area (Å²) in [5.74, 6) is -1.07. The number of anilines is 1. The van der Waals surface area contributed by atoms with Gasteiger partial charge in [-0.25, -0.2) is 22.9 Å². The minimum Gasteiger partial charge on any atom is -0.478 e. The molecule has 0 saturated carbocycles. The molecular weight excluding hydrogens is 298 g/mol. The normalized spacial score (nSPS) is 13.0. The smallest absolute Gasteiger partial charge is 0.337 e. The SMILES string of the molecule is CC(NS(=O)(=O)c1ccc(N)cc1C(=O)O)c1ncn[nH]1. The Kier molecular flexibility index (Phi) is 3.91. The molecule has 21 heavy (non-hydrogen) atoms. The highest BCUT2D eigenvalue weighted by molar-refractivity contribution is 7.89. The Balaban J connectivity index is 2.38. The third-order valence-corrected chi connectivity index (χ3v) is 4.30. The molecule has 0 spiro atoms. The molecular formula is C11H13N5O4S. The number of nitrogens with one attached hydrogen (secondary N) is 2. The number of H-pyrrole nitrogens is 1. The van der Waals surface area contributed by atoms with Crippen LogP contribution >= 0.6 is 0 Å². The van der Waals surface area contributed by atoms with Crippen molar-refractivity contribution in [1.29, 1.82) is 0 Å². The maximum Gasteiger partial charge on any atom is 0.337 e. The van der Waals surface area contributed by atoms with Gasteiger partial charge in [-0.2, -0.15) is 5.10 Å².